The standard InChI is InChI=1S/C14H19NO3/c1-10-8-9-12(15-13(10)14(16)17)18-11-6-4-2-3-5-7-11/h8-9,11H,2-7H2,1H3,(H,16,17). The number of carboxylic acid groups (broad SMARTS) is 1. The summed E-state index contributed by atoms with van der Waals surface area (Å²) in [6, 6.07) is 3.51. The number of pyridine rings is 1. The average Bonchev–Trinajstić information content (AvgIpc) is 2.60. The summed E-state index contributed by atoms with van der Waals surface area (Å²) in [5.74, 6) is -0.566. The molecule has 4 nitrogen and oxygen atoms in total. The maximum atomic E-state index is 11.0. The van der Waals surface area contributed by atoms with Gasteiger partial charge in [-0.3, -0.25) is 0 Å². The van der Waals surface area contributed by atoms with Gasteiger partial charge in [0.2, 0.25) is 5.88 Å². The lowest BCUT2D eigenvalue weighted by atomic mass is 10.1. The Balaban J connectivity index is 2.08. The second-order valence-corrected chi connectivity index (χ2v) is 4.85. The van der Waals surface area contributed by atoms with Crippen molar-refractivity contribution in [3.05, 3.63) is 23.4 Å². The highest BCUT2D eigenvalue weighted by Gasteiger charge is 2.16. The summed E-state index contributed by atoms with van der Waals surface area (Å²) in [7, 11) is 0. The lowest BCUT2D eigenvalue weighted by Crippen LogP contribution is -2.16. The number of aromatic nitrogens is 1. The number of carbonyl (C=O) groups is 1. The Labute approximate surface area is 107 Å². The van der Waals surface area contributed by atoms with E-state index < -0.39 is 5.97 Å². The zero-order valence-electron chi connectivity index (χ0n) is 10.7. The Kier molecular flexibility index (Phi) is 4.18. The van der Waals surface area contributed by atoms with Crippen LogP contribution < -0.4 is 4.74 Å². The molecule has 1 aliphatic rings. The molecule has 1 saturated carbocycles. The fraction of sp³-hybridized carbons (Fsp3) is 0.571. The largest absolute Gasteiger partial charge is 0.477 e. The molecule has 1 heterocycles. The molecule has 1 aromatic heterocycles. The highest BCUT2D eigenvalue weighted by atomic mass is 16.5. The number of hydrogen-bond acceptors (Lipinski definition) is 3. The fourth-order valence-corrected chi connectivity index (χ4v) is 2.32. The maximum absolute atomic E-state index is 11.0. The zero-order valence-corrected chi connectivity index (χ0v) is 10.7. The van der Waals surface area contributed by atoms with E-state index >= 15 is 0 Å². The number of hydrogen-bond donors (Lipinski definition) is 1. The number of rotatable bonds is 3. The molecule has 18 heavy (non-hydrogen) atoms. The normalized spacial score (nSPS) is 17.2. The number of aromatic carboxylic acids is 1. The molecule has 1 aliphatic carbocycles. The van der Waals surface area contributed by atoms with Crippen LogP contribution in [0.3, 0.4) is 0 Å². The van der Waals surface area contributed by atoms with Crippen LogP contribution in [0.4, 0.5) is 0 Å². The van der Waals surface area contributed by atoms with E-state index in [1.54, 1.807) is 19.1 Å². The van der Waals surface area contributed by atoms with Gasteiger partial charge in [0.25, 0.3) is 0 Å². The monoisotopic (exact) mass is 249 g/mol. The van der Waals surface area contributed by atoms with Gasteiger partial charge in [0.15, 0.2) is 5.69 Å². The molecule has 1 aromatic rings. The van der Waals surface area contributed by atoms with E-state index in [0.29, 0.717) is 11.4 Å². The van der Waals surface area contributed by atoms with Gasteiger partial charge in [-0.1, -0.05) is 18.9 Å². The first-order chi connectivity index (χ1) is 8.66. The van der Waals surface area contributed by atoms with Crippen molar-refractivity contribution in [2.75, 3.05) is 0 Å². The van der Waals surface area contributed by atoms with Gasteiger partial charge in [-0.2, -0.15) is 0 Å². The number of aryl methyl sites for hydroxylation is 1. The van der Waals surface area contributed by atoms with Crippen LogP contribution in [0.5, 0.6) is 5.88 Å². The predicted octanol–water partition coefficient (Wildman–Crippen LogP) is 3.19. The maximum Gasteiger partial charge on any atom is 0.354 e. The molecule has 0 radical (unpaired) electrons. The molecule has 0 amide bonds. The van der Waals surface area contributed by atoms with E-state index in [9.17, 15) is 4.79 Å². The molecule has 98 valence electrons. The molecular weight excluding hydrogens is 230 g/mol. The summed E-state index contributed by atoms with van der Waals surface area (Å²) >= 11 is 0. The van der Waals surface area contributed by atoms with E-state index in [0.717, 1.165) is 12.8 Å². The lowest BCUT2D eigenvalue weighted by Gasteiger charge is -2.16. The topological polar surface area (TPSA) is 59.4 Å². The van der Waals surface area contributed by atoms with Crippen LogP contribution in [-0.4, -0.2) is 22.2 Å². The van der Waals surface area contributed by atoms with E-state index in [1.807, 2.05) is 0 Å². The summed E-state index contributed by atoms with van der Waals surface area (Å²) in [5.41, 5.74) is 0.747. The summed E-state index contributed by atoms with van der Waals surface area (Å²) in [6.45, 7) is 1.74. The molecule has 0 spiro atoms. The SMILES string of the molecule is Cc1ccc(OC2CCCCCC2)nc1C(=O)O. The van der Waals surface area contributed by atoms with Crippen molar-refractivity contribution >= 4 is 5.97 Å². The average molecular weight is 249 g/mol. The van der Waals surface area contributed by atoms with Crippen molar-refractivity contribution in [2.45, 2.75) is 51.6 Å². The minimum Gasteiger partial charge on any atom is -0.477 e. The molecule has 0 saturated heterocycles. The van der Waals surface area contributed by atoms with Gasteiger partial charge in [0.05, 0.1) is 0 Å². The highest BCUT2D eigenvalue weighted by Crippen LogP contribution is 2.22. The van der Waals surface area contributed by atoms with Gasteiger partial charge in [-0.25, -0.2) is 9.78 Å². The van der Waals surface area contributed by atoms with Crippen molar-refractivity contribution in [3.63, 3.8) is 0 Å². The molecular formula is C14H19NO3. The Morgan fingerprint density at radius 2 is 1.94 bits per heavy atom. The minimum atomic E-state index is -1.00. The predicted molar refractivity (Wildman–Crippen MR) is 68.1 cm³/mol. The van der Waals surface area contributed by atoms with E-state index in [2.05, 4.69) is 4.98 Å². The van der Waals surface area contributed by atoms with Crippen molar-refractivity contribution in [2.24, 2.45) is 0 Å². The van der Waals surface area contributed by atoms with Gasteiger partial charge >= 0.3 is 5.97 Å². The summed E-state index contributed by atoms with van der Waals surface area (Å²) < 4.78 is 5.81. The smallest absolute Gasteiger partial charge is 0.354 e. The van der Waals surface area contributed by atoms with Gasteiger partial charge < -0.3 is 9.84 Å². The number of ether oxygens (including phenoxy) is 1. The van der Waals surface area contributed by atoms with E-state index in [-0.39, 0.29) is 11.8 Å². The van der Waals surface area contributed by atoms with Crippen LogP contribution in [0.2, 0.25) is 0 Å². The van der Waals surface area contributed by atoms with Crippen molar-refractivity contribution in [1.82, 2.24) is 4.98 Å². The molecule has 1 fully saturated rings. The highest BCUT2D eigenvalue weighted by molar-refractivity contribution is 5.87. The molecule has 2 rings (SSSR count). The fourth-order valence-electron chi connectivity index (χ4n) is 2.32. The second-order valence-electron chi connectivity index (χ2n) is 4.85. The van der Waals surface area contributed by atoms with Crippen LogP contribution in [0, 0.1) is 6.92 Å². The van der Waals surface area contributed by atoms with Crippen molar-refractivity contribution in [3.8, 4) is 5.88 Å². The van der Waals surface area contributed by atoms with Gasteiger partial charge in [-0.15, -0.1) is 0 Å². The van der Waals surface area contributed by atoms with Crippen LogP contribution in [0.15, 0.2) is 12.1 Å². The molecule has 0 aromatic carbocycles. The molecule has 0 bridgehead atoms. The number of carboxylic acids is 1. The van der Waals surface area contributed by atoms with Gasteiger partial charge in [-0.05, 0) is 38.2 Å². The second kappa shape index (κ2) is 5.85. The first-order valence-corrected chi connectivity index (χ1v) is 6.54. The quantitative estimate of drug-likeness (QED) is 0.836. The molecule has 1 N–H and O–H groups in total. The number of nitrogens with zero attached hydrogens (tertiary/aromatic N) is 1. The molecule has 0 atom stereocenters. The first-order valence-electron chi connectivity index (χ1n) is 6.54. The lowest BCUT2D eigenvalue weighted by molar-refractivity contribution is 0.0687. The van der Waals surface area contributed by atoms with Crippen LogP contribution in [0.1, 0.15) is 54.6 Å². The Bertz CT molecular complexity index is 423. The molecule has 0 unspecified atom stereocenters. The molecule has 0 aliphatic heterocycles. The summed E-state index contributed by atoms with van der Waals surface area (Å²) in [4.78, 5) is 15.1. The third-order valence-electron chi connectivity index (χ3n) is 3.36. The minimum absolute atomic E-state index is 0.0844. The Morgan fingerprint density at radius 1 is 1.28 bits per heavy atom. The third-order valence-corrected chi connectivity index (χ3v) is 3.36. The first kappa shape index (κ1) is 12.9. The van der Waals surface area contributed by atoms with Crippen LogP contribution >= 0.6 is 0 Å². The Morgan fingerprint density at radius 3 is 2.56 bits per heavy atom. The van der Waals surface area contributed by atoms with Crippen molar-refractivity contribution < 1.29 is 14.6 Å². The van der Waals surface area contributed by atoms with Crippen molar-refractivity contribution in [1.29, 1.82) is 0 Å². The van der Waals surface area contributed by atoms with Crippen LogP contribution in [0.25, 0.3) is 0 Å². The Hall–Kier alpha value is -1.58. The summed E-state index contributed by atoms with van der Waals surface area (Å²) in [6.07, 6.45) is 7.16. The van der Waals surface area contributed by atoms with E-state index in [1.165, 1.54) is 25.7 Å². The third kappa shape index (κ3) is 3.22. The van der Waals surface area contributed by atoms with Crippen LogP contribution in [-0.2, 0) is 0 Å². The summed E-state index contributed by atoms with van der Waals surface area (Å²) in [5, 5.41) is 9.02. The van der Waals surface area contributed by atoms with E-state index in [4.69, 9.17) is 9.84 Å². The van der Waals surface area contributed by atoms with Gasteiger partial charge in [0.1, 0.15) is 6.10 Å². The van der Waals surface area contributed by atoms with Gasteiger partial charge in [0, 0.05) is 6.07 Å². The molecule has 4 heteroatoms. The zero-order chi connectivity index (χ0) is 13.0.